The molecule has 0 radical (unpaired) electrons. The molecule has 20 heavy (non-hydrogen) atoms. The normalized spacial score (nSPS) is 20.6. The number of carbonyl (C=O) groups is 1. The van der Waals surface area contributed by atoms with Crippen molar-refractivity contribution in [1.29, 1.82) is 0 Å². The molecular formula is C15H23N3O2. The monoisotopic (exact) mass is 277 g/mol. The molecule has 1 saturated heterocycles. The number of nitrogens with one attached hydrogen (secondary N) is 2. The van der Waals surface area contributed by atoms with Crippen LogP contribution in [0.1, 0.15) is 31.4 Å². The van der Waals surface area contributed by atoms with Gasteiger partial charge in [0, 0.05) is 24.8 Å². The molecule has 2 rings (SSSR count). The summed E-state index contributed by atoms with van der Waals surface area (Å²) in [6, 6.07) is 7.91. The number of likely N-dealkylation sites (tertiary alicyclic amines) is 1. The Morgan fingerprint density at radius 2 is 2.30 bits per heavy atom. The molecule has 0 saturated carbocycles. The topological polar surface area (TPSA) is 64.6 Å². The molecule has 0 aliphatic carbocycles. The van der Waals surface area contributed by atoms with E-state index >= 15 is 0 Å². The van der Waals surface area contributed by atoms with Crippen LogP contribution in [0.2, 0.25) is 0 Å². The third-order valence-corrected chi connectivity index (χ3v) is 3.75. The summed E-state index contributed by atoms with van der Waals surface area (Å²) in [4.78, 5) is 13.8. The van der Waals surface area contributed by atoms with Gasteiger partial charge in [-0.15, -0.1) is 0 Å². The van der Waals surface area contributed by atoms with E-state index in [1.807, 2.05) is 31.3 Å². The van der Waals surface area contributed by atoms with Gasteiger partial charge >= 0.3 is 6.03 Å². The molecule has 1 heterocycles. The lowest BCUT2D eigenvalue weighted by atomic mass is 10.1. The number of benzene rings is 1. The highest BCUT2D eigenvalue weighted by atomic mass is 16.3. The van der Waals surface area contributed by atoms with Gasteiger partial charge in [-0.05, 0) is 44.5 Å². The van der Waals surface area contributed by atoms with Crippen molar-refractivity contribution < 1.29 is 9.90 Å². The van der Waals surface area contributed by atoms with Crippen molar-refractivity contribution in [1.82, 2.24) is 10.2 Å². The van der Waals surface area contributed by atoms with Crippen LogP contribution in [-0.4, -0.2) is 42.3 Å². The third kappa shape index (κ3) is 3.71. The van der Waals surface area contributed by atoms with Crippen LogP contribution in [0.3, 0.4) is 0 Å². The number of carbonyl (C=O) groups excluding carboxylic acids is 1. The van der Waals surface area contributed by atoms with Crippen LogP contribution < -0.4 is 10.6 Å². The molecule has 1 aliphatic rings. The fourth-order valence-electron chi connectivity index (χ4n) is 2.39. The predicted octanol–water partition coefficient (Wildman–Crippen LogP) is 1.96. The van der Waals surface area contributed by atoms with E-state index in [1.165, 1.54) is 0 Å². The Labute approximate surface area is 120 Å². The minimum Gasteiger partial charge on any atom is -0.391 e. The van der Waals surface area contributed by atoms with Crippen LogP contribution in [0.4, 0.5) is 10.5 Å². The predicted molar refractivity (Wildman–Crippen MR) is 79.7 cm³/mol. The van der Waals surface area contributed by atoms with Gasteiger partial charge in [0.05, 0.1) is 6.10 Å². The van der Waals surface area contributed by atoms with E-state index in [-0.39, 0.29) is 12.1 Å². The van der Waals surface area contributed by atoms with Crippen molar-refractivity contribution in [3.05, 3.63) is 29.8 Å². The molecule has 2 atom stereocenters. The number of urea groups is 1. The molecule has 1 aromatic carbocycles. The van der Waals surface area contributed by atoms with Gasteiger partial charge < -0.3 is 20.6 Å². The second-order valence-electron chi connectivity index (χ2n) is 5.31. The van der Waals surface area contributed by atoms with Crippen molar-refractivity contribution in [3.63, 3.8) is 0 Å². The van der Waals surface area contributed by atoms with Gasteiger partial charge in [0.2, 0.25) is 0 Å². The molecule has 0 spiro atoms. The summed E-state index contributed by atoms with van der Waals surface area (Å²) in [5.41, 5.74) is 1.92. The molecule has 5 nitrogen and oxygen atoms in total. The summed E-state index contributed by atoms with van der Waals surface area (Å²) < 4.78 is 0. The highest BCUT2D eigenvalue weighted by molar-refractivity contribution is 5.89. The molecule has 5 heteroatoms. The van der Waals surface area contributed by atoms with Gasteiger partial charge in [-0.3, -0.25) is 0 Å². The molecular weight excluding hydrogens is 254 g/mol. The van der Waals surface area contributed by atoms with Gasteiger partial charge in [0.1, 0.15) is 0 Å². The highest BCUT2D eigenvalue weighted by Gasteiger charge is 2.22. The summed E-state index contributed by atoms with van der Waals surface area (Å²) in [6.45, 7) is 3.19. The van der Waals surface area contributed by atoms with Crippen LogP contribution >= 0.6 is 0 Å². The van der Waals surface area contributed by atoms with Crippen molar-refractivity contribution in [3.8, 4) is 0 Å². The number of anilines is 1. The standard InChI is InChI=1S/C15H23N3O2/c1-11(16-2)12-5-3-6-13(9-12)17-15(20)18-8-4-7-14(19)10-18/h3,5-6,9,11,14,16,19H,4,7-8,10H2,1-2H3,(H,17,20). The molecule has 110 valence electrons. The number of aliphatic hydroxyl groups is 1. The third-order valence-electron chi connectivity index (χ3n) is 3.75. The first kappa shape index (κ1) is 14.8. The van der Waals surface area contributed by atoms with Gasteiger partial charge in [-0.25, -0.2) is 4.79 Å². The second-order valence-corrected chi connectivity index (χ2v) is 5.31. The average Bonchev–Trinajstić information content (AvgIpc) is 2.46. The number of piperidine rings is 1. The van der Waals surface area contributed by atoms with Crippen LogP contribution in [0, 0.1) is 0 Å². The summed E-state index contributed by atoms with van der Waals surface area (Å²) in [5.74, 6) is 0. The van der Waals surface area contributed by atoms with E-state index in [0.29, 0.717) is 13.1 Å². The summed E-state index contributed by atoms with van der Waals surface area (Å²) in [7, 11) is 1.91. The van der Waals surface area contributed by atoms with Crippen molar-refractivity contribution in [2.24, 2.45) is 0 Å². The Hall–Kier alpha value is -1.59. The Bertz CT molecular complexity index is 464. The number of β-amino-alcohol motifs (C(OH)–C–C–N with tert-alkyl or cyclic N) is 1. The maximum Gasteiger partial charge on any atom is 0.321 e. The minimum atomic E-state index is -0.398. The molecule has 1 fully saturated rings. The molecule has 1 aromatic rings. The van der Waals surface area contributed by atoms with E-state index < -0.39 is 6.10 Å². The lowest BCUT2D eigenvalue weighted by Gasteiger charge is -2.30. The molecule has 0 bridgehead atoms. The van der Waals surface area contributed by atoms with Gasteiger partial charge in [0.15, 0.2) is 0 Å². The first-order valence-corrected chi connectivity index (χ1v) is 7.11. The smallest absolute Gasteiger partial charge is 0.321 e. The van der Waals surface area contributed by atoms with E-state index in [1.54, 1.807) is 4.90 Å². The average molecular weight is 277 g/mol. The first-order chi connectivity index (χ1) is 9.60. The van der Waals surface area contributed by atoms with E-state index in [9.17, 15) is 9.90 Å². The number of amides is 2. The Morgan fingerprint density at radius 3 is 3.00 bits per heavy atom. The van der Waals surface area contributed by atoms with E-state index in [4.69, 9.17) is 0 Å². The number of nitrogens with zero attached hydrogens (tertiary/aromatic N) is 1. The zero-order chi connectivity index (χ0) is 14.5. The number of hydrogen-bond acceptors (Lipinski definition) is 3. The van der Waals surface area contributed by atoms with Crippen molar-refractivity contribution in [2.75, 3.05) is 25.5 Å². The zero-order valence-corrected chi connectivity index (χ0v) is 12.1. The Balaban J connectivity index is 2.00. The number of hydrogen-bond donors (Lipinski definition) is 3. The van der Waals surface area contributed by atoms with E-state index in [2.05, 4.69) is 17.6 Å². The van der Waals surface area contributed by atoms with Gasteiger partial charge in [-0.2, -0.15) is 0 Å². The number of rotatable bonds is 3. The Kier molecular flexibility index (Phi) is 4.98. The van der Waals surface area contributed by atoms with Gasteiger partial charge in [0.25, 0.3) is 0 Å². The van der Waals surface area contributed by atoms with Crippen molar-refractivity contribution in [2.45, 2.75) is 31.9 Å². The summed E-state index contributed by atoms with van der Waals surface area (Å²) in [6.07, 6.45) is 1.23. The van der Waals surface area contributed by atoms with Crippen LogP contribution in [0.5, 0.6) is 0 Å². The molecule has 0 aromatic heterocycles. The highest BCUT2D eigenvalue weighted by Crippen LogP contribution is 2.18. The second kappa shape index (κ2) is 6.72. The van der Waals surface area contributed by atoms with E-state index in [0.717, 1.165) is 24.1 Å². The maximum atomic E-state index is 12.2. The number of aliphatic hydroxyl groups excluding tert-OH is 1. The lowest BCUT2D eigenvalue weighted by Crippen LogP contribution is -2.44. The summed E-state index contributed by atoms with van der Waals surface area (Å²) in [5, 5.41) is 15.7. The fourth-order valence-corrected chi connectivity index (χ4v) is 2.39. The maximum absolute atomic E-state index is 12.2. The van der Waals surface area contributed by atoms with Crippen LogP contribution in [0.15, 0.2) is 24.3 Å². The van der Waals surface area contributed by atoms with Crippen LogP contribution in [0.25, 0.3) is 0 Å². The zero-order valence-electron chi connectivity index (χ0n) is 12.1. The fraction of sp³-hybridized carbons (Fsp3) is 0.533. The Morgan fingerprint density at radius 1 is 1.50 bits per heavy atom. The van der Waals surface area contributed by atoms with Crippen molar-refractivity contribution >= 4 is 11.7 Å². The van der Waals surface area contributed by atoms with Crippen LogP contribution in [-0.2, 0) is 0 Å². The largest absolute Gasteiger partial charge is 0.391 e. The molecule has 1 aliphatic heterocycles. The molecule has 3 N–H and O–H groups in total. The summed E-state index contributed by atoms with van der Waals surface area (Å²) >= 11 is 0. The molecule has 2 amide bonds. The minimum absolute atomic E-state index is 0.141. The lowest BCUT2D eigenvalue weighted by molar-refractivity contribution is 0.0883. The SMILES string of the molecule is CNC(C)c1cccc(NC(=O)N2CCCC(O)C2)c1. The first-order valence-electron chi connectivity index (χ1n) is 7.11. The van der Waals surface area contributed by atoms with Gasteiger partial charge in [-0.1, -0.05) is 12.1 Å². The quantitative estimate of drug-likeness (QED) is 0.791. The molecule has 2 unspecified atom stereocenters.